The van der Waals surface area contributed by atoms with E-state index in [1.807, 2.05) is 0 Å². The fourth-order valence-corrected chi connectivity index (χ4v) is 9.10. The van der Waals surface area contributed by atoms with Crippen molar-refractivity contribution in [3.05, 3.63) is 60.8 Å². The first-order valence-corrected chi connectivity index (χ1v) is 31.3. The number of hydrogen-bond acceptors (Lipinski definition) is 6. The molecule has 6 nitrogen and oxygen atoms in total. The van der Waals surface area contributed by atoms with Gasteiger partial charge >= 0.3 is 17.9 Å². The van der Waals surface area contributed by atoms with Gasteiger partial charge in [-0.15, -0.1) is 0 Å². The summed E-state index contributed by atoms with van der Waals surface area (Å²) in [5.41, 5.74) is 0. The Morgan fingerprint density at radius 3 is 0.931 bits per heavy atom. The first-order valence-electron chi connectivity index (χ1n) is 31.3. The third kappa shape index (κ3) is 58.0. The maximum atomic E-state index is 12.9. The number of unbranched alkanes of at least 4 members (excludes halogenated alkanes) is 37. The summed E-state index contributed by atoms with van der Waals surface area (Å²) < 4.78 is 16.9. The average Bonchev–Trinajstić information content (AvgIpc) is 3.38. The maximum Gasteiger partial charge on any atom is 0.306 e. The SMILES string of the molecule is CC/C=C\C/C=C\C/C=C\CCCCCCCCCCCC(=O)OCC(COC(=O)CCCCCCCCCCCCCCCCCCC)OC(=O)CCCCCCC/C=C\C=C/CCCCCCCCC. The first-order chi connectivity index (χ1) is 35.5. The lowest BCUT2D eigenvalue weighted by atomic mass is 10.0. The van der Waals surface area contributed by atoms with E-state index in [0.717, 1.165) is 96.3 Å². The predicted molar refractivity (Wildman–Crippen MR) is 312 cm³/mol. The lowest BCUT2D eigenvalue weighted by Crippen LogP contribution is -2.30. The molecule has 0 aromatic rings. The predicted octanol–water partition coefficient (Wildman–Crippen LogP) is 21.2. The van der Waals surface area contributed by atoms with E-state index in [1.54, 1.807) is 0 Å². The number of carbonyl (C=O) groups excluding carboxylic acids is 3. The van der Waals surface area contributed by atoms with Gasteiger partial charge in [0, 0.05) is 19.3 Å². The van der Waals surface area contributed by atoms with Gasteiger partial charge in [-0.2, -0.15) is 0 Å². The van der Waals surface area contributed by atoms with E-state index in [2.05, 4.69) is 81.5 Å². The van der Waals surface area contributed by atoms with E-state index < -0.39 is 6.10 Å². The summed E-state index contributed by atoms with van der Waals surface area (Å²) in [6, 6.07) is 0. The largest absolute Gasteiger partial charge is 0.462 e. The second-order valence-corrected chi connectivity index (χ2v) is 21.0. The Bertz CT molecular complexity index is 1290. The molecule has 0 rings (SSSR count). The molecule has 0 amide bonds. The summed E-state index contributed by atoms with van der Waals surface area (Å²) in [6.07, 6.45) is 76.4. The maximum absolute atomic E-state index is 12.9. The molecule has 72 heavy (non-hydrogen) atoms. The molecule has 0 bridgehead atoms. The van der Waals surface area contributed by atoms with Crippen LogP contribution in [-0.2, 0) is 28.6 Å². The highest BCUT2D eigenvalue weighted by Gasteiger charge is 2.19. The first kappa shape index (κ1) is 69.1. The van der Waals surface area contributed by atoms with Crippen LogP contribution in [0.5, 0.6) is 0 Å². The summed E-state index contributed by atoms with van der Waals surface area (Å²) in [6.45, 7) is 6.56. The van der Waals surface area contributed by atoms with Gasteiger partial charge in [0.05, 0.1) is 0 Å². The molecule has 0 fully saturated rings. The third-order valence-corrected chi connectivity index (χ3v) is 13.8. The molecule has 418 valence electrons. The van der Waals surface area contributed by atoms with Crippen molar-refractivity contribution in [2.45, 2.75) is 329 Å². The minimum absolute atomic E-state index is 0.0790. The van der Waals surface area contributed by atoms with Crippen LogP contribution in [0.1, 0.15) is 323 Å². The minimum atomic E-state index is -0.784. The van der Waals surface area contributed by atoms with Gasteiger partial charge < -0.3 is 14.2 Å². The Morgan fingerprint density at radius 2 is 0.583 bits per heavy atom. The molecule has 1 atom stereocenters. The van der Waals surface area contributed by atoms with Gasteiger partial charge in [0.25, 0.3) is 0 Å². The fourth-order valence-electron chi connectivity index (χ4n) is 9.10. The van der Waals surface area contributed by atoms with Crippen LogP contribution in [0, 0.1) is 0 Å². The van der Waals surface area contributed by atoms with E-state index in [0.29, 0.717) is 19.3 Å². The van der Waals surface area contributed by atoms with Crippen LogP contribution in [0.4, 0.5) is 0 Å². The summed E-state index contributed by atoms with van der Waals surface area (Å²) in [7, 11) is 0. The second-order valence-electron chi connectivity index (χ2n) is 21.0. The summed E-state index contributed by atoms with van der Waals surface area (Å²) in [5.74, 6) is -0.882. The van der Waals surface area contributed by atoms with Crippen molar-refractivity contribution in [1.29, 1.82) is 0 Å². The normalized spacial score (nSPS) is 12.4. The van der Waals surface area contributed by atoms with Gasteiger partial charge in [0.15, 0.2) is 6.10 Å². The molecule has 6 heteroatoms. The summed E-state index contributed by atoms with van der Waals surface area (Å²) in [4.78, 5) is 38.3. The highest BCUT2D eigenvalue weighted by atomic mass is 16.6. The molecule has 0 saturated carbocycles. The second kappa shape index (κ2) is 60.7. The van der Waals surface area contributed by atoms with Gasteiger partial charge in [-0.05, 0) is 77.0 Å². The lowest BCUT2D eigenvalue weighted by molar-refractivity contribution is -0.167. The van der Waals surface area contributed by atoms with E-state index in [1.165, 1.54) is 186 Å². The van der Waals surface area contributed by atoms with Crippen molar-refractivity contribution in [3.63, 3.8) is 0 Å². The zero-order chi connectivity index (χ0) is 52.2. The molecular formula is C66H118O6. The van der Waals surface area contributed by atoms with Crippen molar-refractivity contribution in [1.82, 2.24) is 0 Å². The van der Waals surface area contributed by atoms with E-state index in [-0.39, 0.29) is 31.1 Å². The molecule has 0 aliphatic heterocycles. The standard InChI is InChI=1S/C66H118O6/c1-4-7-10-13-16-19-22-25-28-31-33-36-38-41-44-47-50-53-56-59-65(68)71-62-63(61-70-64(67)58-55-52-49-46-43-40-37-34-30-27-24-21-18-15-12-9-6-3)72-66(69)60-57-54-51-48-45-42-39-35-32-29-26-23-20-17-14-11-8-5-2/h7,10,16,19,25,28-29,32,35,39,63H,4-6,8-9,11-15,17-18,20-24,26-27,30-31,33-34,36-38,40-62H2,1-3H3/b10-7-,19-16-,28-25-,32-29-,39-35-. The number of esters is 3. The number of hydrogen-bond donors (Lipinski definition) is 0. The zero-order valence-electron chi connectivity index (χ0n) is 47.9. The molecule has 0 aromatic heterocycles. The van der Waals surface area contributed by atoms with Crippen molar-refractivity contribution in [2.24, 2.45) is 0 Å². The topological polar surface area (TPSA) is 78.9 Å². The van der Waals surface area contributed by atoms with Crippen LogP contribution in [-0.4, -0.2) is 37.2 Å². The van der Waals surface area contributed by atoms with Gasteiger partial charge in [0.1, 0.15) is 13.2 Å². The fraction of sp³-hybridized carbons (Fsp3) is 0.803. The van der Waals surface area contributed by atoms with Crippen molar-refractivity contribution in [2.75, 3.05) is 13.2 Å². The Morgan fingerprint density at radius 1 is 0.306 bits per heavy atom. The summed E-state index contributed by atoms with van der Waals surface area (Å²) >= 11 is 0. The van der Waals surface area contributed by atoms with Crippen molar-refractivity contribution < 1.29 is 28.6 Å². The monoisotopic (exact) mass is 1010 g/mol. The highest BCUT2D eigenvalue weighted by Crippen LogP contribution is 2.17. The number of carbonyl (C=O) groups is 3. The van der Waals surface area contributed by atoms with Gasteiger partial charge in [0.2, 0.25) is 0 Å². The molecule has 0 spiro atoms. The van der Waals surface area contributed by atoms with Gasteiger partial charge in [-0.25, -0.2) is 0 Å². The Balaban J connectivity index is 4.38. The molecule has 0 radical (unpaired) electrons. The quantitative estimate of drug-likeness (QED) is 0.0199. The van der Waals surface area contributed by atoms with Crippen LogP contribution in [0.3, 0.4) is 0 Å². The van der Waals surface area contributed by atoms with Crippen LogP contribution in [0.2, 0.25) is 0 Å². The molecular weight excluding hydrogens is 889 g/mol. The highest BCUT2D eigenvalue weighted by molar-refractivity contribution is 5.71. The molecule has 0 heterocycles. The van der Waals surface area contributed by atoms with E-state index in [9.17, 15) is 14.4 Å². The molecule has 0 aliphatic carbocycles. The molecule has 0 N–H and O–H groups in total. The van der Waals surface area contributed by atoms with Crippen molar-refractivity contribution >= 4 is 17.9 Å². The van der Waals surface area contributed by atoms with Crippen LogP contribution in [0.15, 0.2) is 60.8 Å². The van der Waals surface area contributed by atoms with Gasteiger partial charge in [-0.3, -0.25) is 14.4 Å². The number of rotatable bonds is 57. The molecule has 0 saturated heterocycles. The van der Waals surface area contributed by atoms with Gasteiger partial charge in [-0.1, -0.05) is 287 Å². The van der Waals surface area contributed by atoms with Crippen LogP contribution in [0.25, 0.3) is 0 Å². The average molecular weight is 1010 g/mol. The Kier molecular flexibility index (Phi) is 58.2. The third-order valence-electron chi connectivity index (χ3n) is 13.8. The molecule has 0 aliphatic rings. The summed E-state index contributed by atoms with van der Waals surface area (Å²) in [5, 5.41) is 0. The number of ether oxygens (including phenoxy) is 3. The Labute approximate surface area is 447 Å². The van der Waals surface area contributed by atoms with E-state index in [4.69, 9.17) is 14.2 Å². The molecule has 1 unspecified atom stereocenters. The van der Waals surface area contributed by atoms with Crippen LogP contribution < -0.4 is 0 Å². The Hall–Kier alpha value is -2.89. The zero-order valence-corrected chi connectivity index (χ0v) is 47.9. The van der Waals surface area contributed by atoms with E-state index >= 15 is 0 Å². The molecule has 0 aromatic carbocycles. The van der Waals surface area contributed by atoms with Crippen LogP contribution >= 0.6 is 0 Å². The van der Waals surface area contributed by atoms with Crippen molar-refractivity contribution in [3.8, 4) is 0 Å². The lowest BCUT2D eigenvalue weighted by Gasteiger charge is -2.18. The smallest absolute Gasteiger partial charge is 0.306 e. The number of allylic oxidation sites excluding steroid dienone is 10. The minimum Gasteiger partial charge on any atom is -0.462 e.